The Morgan fingerprint density at radius 1 is 0.840 bits per heavy atom. The molecule has 2 heterocycles. The molecule has 6 heteroatoms. The summed E-state index contributed by atoms with van der Waals surface area (Å²) < 4.78 is 5.10. The van der Waals surface area contributed by atoms with Crippen LogP contribution in [0.15, 0.2) is 76.1 Å². The molecule has 0 radical (unpaired) electrons. The summed E-state index contributed by atoms with van der Waals surface area (Å²) in [6.45, 7) is 0. The number of benzene rings is 2. The van der Waals surface area contributed by atoms with E-state index in [9.17, 15) is 9.90 Å². The van der Waals surface area contributed by atoms with Crippen molar-refractivity contribution in [3.05, 3.63) is 77.3 Å². The van der Waals surface area contributed by atoms with Crippen molar-refractivity contribution in [3.8, 4) is 39.5 Å². The molecular formula is C19H13N3O3. The Morgan fingerprint density at radius 3 is 2.00 bits per heavy atom. The molecule has 0 atom stereocenters. The standard InChI is InChI=1S/C19H13N3O3/c23-18-16(13-9-5-2-6-10-13)15(12-7-3-1-4-8-12)17(19(24)25-18)14-11-20-22-21-14/h1-11,23H,(H,20,21,22). The van der Waals surface area contributed by atoms with Gasteiger partial charge in [0.1, 0.15) is 5.69 Å². The van der Waals surface area contributed by atoms with Crippen LogP contribution in [0, 0.1) is 0 Å². The molecule has 0 unspecified atom stereocenters. The molecule has 0 aliphatic carbocycles. The summed E-state index contributed by atoms with van der Waals surface area (Å²) in [5.41, 5.74) is 2.40. The molecule has 0 aliphatic heterocycles. The van der Waals surface area contributed by atoms with Gasteiger partial charge in [-0.1, -0.05) is 65.9 Å². The second-order valence-corrected chi connectivity index (χ2v) is 5.41. The van der Waals surface area contributed by atoms with Crippen LogP contribution in [0.2, 0.25) is 0 Å². The fraction of sp³-hybridized carbons (Fsp3) is 0. The third-order valence-corrected chi connectivity index (χ3v) is 3.91. The van der Waals surface area contributed by atoms with Crippen LogP contribution in [-0.4, -0.2) is 20.5 Å². The summed E-state index contributed by atoms with van der Waals surface area (Å²) in [7, 11) is 0. The molecule has 0 fully saturated rings. The summed E-state index contributed by atoms with van der Waals surface area (Å²) >= 11 is 0. The Labute approximate surface area is 142 Å². The van der Waals surface area contributed by atoms with Crippen LogP contribution in [-0.2, 0) is 0 Å². The number of rotatable bonds is 3. The average molecular weight is 331 g/mol. The van der Waals surface area contributed by atoms with Gasteiger partial charge in [0, 0.05) is 5.56 Å². The van der Waals surface area contributed by atoms with Gasteiger partial charge in [-0.05, 0) is 11.1 Å². The summed E-state index contributed by atoms with van der Waals surface area (Å²) in [6.07, 6.45) is 1.52. The lowest BCUT2D eigenvalue weighted by Gasteiger charge is -2.14. The van der Waals surface area contributed by atoms with Crippen LogP contribution in [0.1, 0.15) is 0 Å². The van der Waals surface area contributed by atoms with Crippen LogP contribution in [0.5, 0.6) is 5.95 Å². The number of H-pyrrole nitrogens is 1. The Hall–Kier alpha value is -3.67. The van der Waals surface area contributed by atoms with Crippen LogP contribution in [0.4, 0.5) is 0 Å². The number of aromatic hydroxyl groups is 1. The van der Waals surface area contributed by atoms with Crippen molar-refractivity contribution in [2.75, 3.05) is 0 Å². The van der Waals surface area contributed by atoms with Crippen LogP contribution < -0.4 is 5.63 Å². The number of nitrogens with one attached hydrogen (secondary N) is 1. The third kappa shape index (κ3) is 2.59. The van der Waals surface area contributed by atoms with Gasteiger partial charge in [0.2, 0.25) is 0 Å². The van der Waals surface area contributed by atoms with Gasteiger partial charge >= 0.3 is 5.63 Å². The number of hydrogen-bond acceptors (Lipinski definition) is 5. The van der Waals surface area contributed by atoms with E-state index in [0.717, 1.165) is 11.1 Å². The minimum absolute atomic E-state index is 0.247. The molecule has 0 amide bonds. The molecule has 0 aliphatic rings. The molecule has 122 valence electrons. The van der Waals surface area contributed by atoms with E-state index in [-0.39, 0.29) is 5.56 Å². The van der Waals surface area contributed by atoms with Gasteiger partial charge in [0.15, 0.2) is 0 Å². The Balaban J connectivity index is 2.15. The zero-order chi connectivity index (χ0) is 17.2. The van der Waals surface area contributed by atoms with Crippen molar-refractivity contribution in [1.29, 1.82) is 0 Å². The van der Waals surface area contributed by atoms with Gasteiger partial charge in [0.25, 0.3) is 5.95 Å². The third-order valence-electron chi connectivity index (χ3n) is 3.91. The number of aromatic amines is 1. The molecule has 0 spiro atoms. The topological polar surface area (TPSA) is 92.0 Å². The maximum absolute atomic E-state index is 12.5. The van der Waals surface area contributed by atoms with E-state index in [2.05, 4.69) is 15.4 Å². The van der Waals surface area contributed by atoms with Gasteiger partial charge in [-0.15, -0.1) is 5.10 Å². The van der Waals surface area contributed by atoms with Crippen LogP contribution >= 0.6 is 0 Å². The highest BCUT2D eigenvalue weighted by atomic mass is 16.5. The molecule has 0 saturated carbocycles. The predicted molar refractivity (Wildman–Crippen MR) is 92.9 cm³/mol. The number of aromatic nitrogens is 3. The second kappa shape index (κ2) is 6.09. The fourth-order valence-electron chi connectivity index (χ4n) is 2.85. The monoisotopic (exact) mass is 331 g/mol. The zero-order valence-corrected chi connectivity index (χ0v) is 13.0. The Bertz CT molecular complexity index is 1060. The minimum Gasteiger partial charge on any atom is -0.480 e. The molecular weight excluding hydrogens is 318 g/mol. The van der Waals surface area contributed by atoms with E-state index in [4.69, 9.17) is 4.42 Å². The molecule has 2 aromatic heterocycles. The van der Waals surface area contributed by atoms with Gasteiger partial charge in [-0.25, -0.2) is 4.79 Å². The van der Waals surface area contributed by atoms with E-state index >= 15 is 0 Å². The van der Waals surface area contributed by atoms with Crippen molar-refractivity contribution < 1.29 is 9.52 Å². The first kappa shape index (κ1) is 14.9. The molecule has 4 aromatic rings. The largest absolute Gasteiger partial charge is 0.480 e. The Morgan fingerprint density at radius 2 is 1.44 bits per heavy atom. The van der Waals surface area contributed by atoms with Crippen molar-refractivity contribution in [3.63, 3.8) is 0 Å². The van der Waals surface area contributed by atoms with Gasteiger partial charge in [-0.3, -0.25) is 5.10 Å². The average Bonchev–Trinajstić information content (AvgIpc) is 3.17. The first-order valence-corrected chi connectivity index (χ1v) is 7.63. The lowest BCUT2D eigenvalue weighted by Crippen LogP contribution is -2.07. The second-order valence-electron chi connectivity index (χ2n) is 5.41. The van der Waals surface area contributed by atoms with E-state index in [1.807, 2.05) is 60.7 Å². The molecule has 6 nitrogen and oxygen atoms in total. The highest BCUT2D eigenvalue weighted by Gasteiger charge is 2.24. The normalized spacial score (nSPS) is 10.7. The molecule has 2 aromatic carbocycles. The number of hydrogen-bond donors (Lipinski definition) is 2. The van der Waals surface area contributed by atoms with Gasteiger partial charge < -0.3 is 9.52 Å². The zero-order valence-electron chi connectivity index (χ0n) is 13.0. The molecule has 0 saturated heterocycles. The minimum atomic E-state index is -0.676. The quantitative estimate of drug-likeness (QED) is 0.600. The lowest BCUT2D eigenvalue weighted by atomic mass is 9.91. The predicted octanol–water partition coefficient (Wildman–Crippen LogP) is 3.46. The smallest absolute Gasteiger partial charge is 0.348 e. The Kier molecular flexibility index (Phi) is 3.63. The highest BCUT2D eigenvalue weighted by molar-refractivity contribution is 5.94. The first-order valence-electron chi connectivity index (χ1n) is 7.63. The van der Waals surface area contributed by atoms with E-state index in [0.29, 0.717) is 16.8 Å². The maximum atomic E-state index is 12.5. The van der Waals surface area contributed by atoms with Gasteiger partial charge in [-0.2, -0.15) is 0 Å². The van der Waals surface area contributed by atoms with Gasteiger partial charge in [0.05, 0.1) is 17.3 Å². The number of nitrogens with zero attached hydrogens (tertiary/aromatic N) is 2. The van der Waals surface area contributed by atoms with E-state index in [1.165, 1.54) is 6.20 Å². The molecule has 25 heavy (non-hydrogen) atoms. The van der Waals surface area contributed by atoms with Crippen molar-refractivity contribution in [2.24, 2.45) is 0 Å². The van der Waals surface area contributed by atoms with E-state index in [1.54, 1.807) is 0 Å². The maximum Gasteiger partial charge on any atom is 0.348 e. The molecule has 0 bridgehead atoms. The lowest BCUT2D eigenvalue weighted by molar-refractivity contribution is 0.313. The van der Waals surface area contributed by atoms with Crippen molar-refractivity contribution in [2.45, 2.75) is 0 Å². The fourth-order valence-corrected chi connectivity index (χ4v) is 2.85. The first-order chi connectivity index (χ1) is 12.3. The van der Waals surface area contributed by atoms with Crippen molar-refractivity contribution >= 4 is 0 Å². The highest BCUT2D eigenvalue weighted by Crippen LogP contribution is 2.42. The SMILES string of the molecule is O=c1oc(O)c(-c2ccccc2)c(-c2ccccc2)c1-c1c[nH]nn1. The molecule has 4 rings (SSSR count). The van der Waals surface area contributed by atoms with Crippen molar-refractivity contribution in [1.82, 2.24) is 15.4 Å². The summed E-state index contributed by atoms with van der Waals surface area (Å²) in [5, 5.41) is 20.6. The summed E-state index contributed by atoms with van der Waals surface area (Å²) in [4.78, 5) is 12.5. The van der Waals surface area contributed by atoms with Crippen LogP contribution in [0.25, 0.3) is 33.5 Å². The molecule has 2 N–H and O–H groups in total. The summed E-state index contributed by atoms with van der Waals surface area (Å²) in [5.74, 6) is -0.428. The van der Waals surface area contributed by atoms with Crippen LogP contribution in [0.3, 0.4) is 0 Å². The summed E-state index contributed by atoms with van der Waals surface area (Å²) in [6, 6.07) is 18.6. The van der Waals surface area contributed by atoms with E-state index < -0.39 is 11.6 Å².